The molecule has 1 aliphatic carbocycles. The summed E-state index contributed by atoms with van der Waals surface area (Å²) in [6.07, 6.45) is 5.23. The van der Waals surface area contributed by atoms with Crippen molar-refractivity contribution in [2.45, 2.75) is 44.3 Å². The summed E-state index contributed by atoms with van der Waals surface area (Å²) in [5.74, 6) is 0. The first kappa shape index (κ1) is 14.1. The van der Waals surface area contributed by atoms with E-state index in [1.807, 2.05) is 0 Å². The quantitative estimate of drug-likeness (QED) is 0.860. The van der Waals surface area contributed by atoms with E-state index in [1.54, 1.807) is 0 Å². The van der Waals surface area contributed by atoms with Crippen LogP contribution in [0.3, 0.4) is 0 Å². The van der Waals surface area contributed by atoms with Crippen LogP contribution in [-0.2, 0) is 6.54 Å². The normalized spacial score (nSPS) is 24.2. The van der Waals surface area contributed by atoms with E-state index in [1.165, 1.54) is 37.8 Å². The van der Waals surface area contributed by atoms with Crippen molar-refractivity contribution in [2.75, 3.05) is 26.2 Å². The Bertz CT molecular complexity index is 405. The predicted molar refractivity (Wildman–Crippen MR) is 81.6 cm³/mol. The molecule has 1 aliphatic heterocycles. The summed E-state index contributed by atoms with van der Waals surface area (Å²) in [5, 5.41) is 9.29. The monoisotopic (exact) mass is 274 g/mol. The lowest BCUT2D eigenvalue weighted by Crippen LogP contribution is -2.49. The Morgan fingerprint density at radius 2 is 1.90 bits per heavy atom. The molecule has 1 heterocycles. The zero-order valence-electron chi connectivity index (χ0n) is 12.2. The molecule has 1 N–H and O–H groups in total. The van der Waals surface area contributed by atoms with E-state index in [9.17, 15) is 5.11 Å². The summed E-state index contributed by atoms with van der Waals surface area (Å²) in [6.45, 7) is 4.59. The highest BCUT2D eigenvalue weighted by Crippen LogP contribution is 2.31. The van der Waals surface area contributed by atoms with Crippen LogP contribution in [0.15, 0.2) is 30.3 Å². The third-order valence-electron chi connectivity index (χ3n) is 4.57. The van der Waals surface area contributed by atoms with Gasteiger partial charge in [0.15, 0.2) is 0 Å². The number of aliphatic hydroxyl groups excluding tert-OH is 1. The third kappa shape index (κ3) is 3.60. The van der Waals surface area contributed by atoms with E-state index in [0.717, 1.165) is 25.7 Å². The van der Waals surface area contributed by atoms with Gasteiger partial charge in [0.05, 0.1) is 6.61 Å². The molecule has 110 valence electrons. The van der Waals surface area contributed by atoms with Crippen LogP contribution in [0.25, 0.3) is 0 Å². The van der Waals surface area contributed by atoms with Crippen molar-refractivity contribution >= 4 is 0 Å². The van der Waals surface area contributed by atoms with Crippen molar-refractivity contribution < 1.29 is 5.11 Å². The van der Waals surface area contributed by atoms with E-state index < -0.39 is 0 Å². The zero-order valence-corrected chi connectivity index (χ0v) is 12.2. The first-order chi connectivity index (χ1) is 9.86. The summed E-state index contributed by atoms with van der Waals surface area (Å²) in [6, 6.07) is 12.2. The van der Waals surface area contributed by atoms with Gasteiger partial charge < -0.3 is 5.11 Å². The molecule has 1 atom stereocenters. The molecule has 0 amide bonds. The Morgan fingerprint density at radius 3 is 2.60 bits per heavy atom. The van der Waals surface area contributed by atoms with Gasteiger partial charge in [-0.1, -0.05) is 30.3 Å². The molecule has 3 rings (SSSR count). The van der Waals surface area contributed by atoms with Crippen molar-refractivity contribution in [1.29, 1.82) is 0 Å². The second-order valence-electron chi connectivity index (χ2n) is 6.21. The molecule has 3 nitrogen and oxygen atoms in total. The fourth-order valence-corrected chi connectivity index (χ4v) is 3.47. The summed E-state index contributed by atoms with van der Waals surface area (Å²) in [5.41, 5.74) is 1.41. The van der Waals surface area contributed by atoms with Crippen molar-refractivity contribution in [2.24, 2.45) is 0 Å². The van der Waals surface area contributed by atoms with Gasteiger partial charge in [0.25, 0.3) is 0 Å². The minimum atomic E-state index is 0.297. The molecule has 2 aliphatic rings. The maximum Gasteiger partial charge on any atom is 0.0558 e. The van der Waals surface area contributed by atoms with Crippen molar-refractivity contribution in [3.8, 4) is 0 Å². The molecule has 0 unspecified atom stereocenters. The highest BCUT2D eigenvalue weighted by atomic mass is 16.3. The van der Waals surface area contributed by atoms with Gasteiger partial charge in [-0.15, -0.1) is 0 Å². The van der Waals surface area contributed by atoms with Gasteiger partial charge in [-0.25, -0.2) is 0 Å². The molecular weight excluding hydrogens is 248 g/mol. The van der Waals surface area contributed by atoms with Crippen LogP contribution in [0.2, 0.25) is 0 Å². The van der Waals surface area contributed by atoms with Gasteiger partial charge >= 0.3 is 0 Å². The Balaban J connectivity index is 1.58. The maximum absolute atomic E-state index is 9.29. The average molecular weight is 274 g/mol. The molecule has 2 fully saturated rings. The minimum Gasteiger partial charge on any atom is -0.395 e. The van der Waals surface area contributed by atoms with Crippen LogP contribution < -0.4 is 0 Å². The molecule has 3 heteroatoms. The lowest BCUT2D eigenvalue weighted by atomic mass is 10.0. The van der Waals surface area contributed by atoms with Crippen molar-refractivity contribution in [3.05, 3.63) is 35.9 Å². The number of aliphatic hydroxyl groups is 1. The fraction of sp³-hybridized carbons (Fsp3) is 0.647. The lowest BCUT2D eigenvalue weighted by Gasteiger charge is -2.39. The molecule has 20 heavy (non-hydrogen) atoms. The van der Waals surface area contributed by atoms with Gasteiger partial charge in [0.2, 0.25) is 0 Å². The second kappa shape index (κ2) is 6.70. The summed E-state index contributed by atoms with van der Waals surface area (Å²) in [4.78, 5) is 5.15. The highest BCUT2D eigenvalue weighted by molar-refractivity contribution is 5.14. The van der Waals surface area contributed by atoms with Crippen molar-refractivity contribution in [3.63, 3.8) is 0 Å². The summed E-state index contributed by atoms with van der Waals surface area (Å²) < 4.78 is 0. The number of benzene rings is 1. The molecular formula is C17H26N2O. The number of hydrogen-bond acceptors (Lipinski definition) is 3. The highest BCUT2D eigenvalue weighted by Gasteiger charge is 2.35. The molecule has 1 saturated carbocycles. The Kier molecular flexibility index (Phi) is 4.71. The molecule has 1 aromatic carbocycles. The van der Waals surface area contributed by atoms with Crippen LogP contribution in [0.4, 0.5) is 0 Å². The molecule has 0 aromatic heterocycles. The molecule has 1 saturated heterocycles. The largest absolute Gasteiger partial charge is 0.395 e. The number of rotatable bonds is 6. The smallest absolute Gasteiger partial charge is 0.0558 e. The minimum absolute atomic E-state index is 0.297. The van der Waals surface area contributed by atoms with Crippen LogP contribution >= 0.6 is 0 Å². The first-order valence-electron chi connectivity index (χ1n) is 7.99. The predicted octanol–water partition coefficient (Wildman–Crippen LogP) is 2.11. The van der Waals surface area contributed by atoms with E-state index in [0.29, 0.717) is 12.6 Å². The van der Waals surface area contributed by atoms with Crippen LogP contribution in [0.5, 0.6) is 0 Å². The number of hydrogen-bond donors (Lipinski definition) is 1. The van der Waals surface area contributed by atoms with Crippen molar-refractivity contribution in [1.82, 2.24) is 9.80 Å². The van der Waals surface area contributed by atoms with E-state index in [-0.39, 0.29) is 0 Å². The first-order valence-corrected chi connectivity index (χ1v) is 7.99. The van der Waals surface area contributed by atoms with E-state index in [2.05, 4.69) is 40.1 Å². The molecule has 0 radical (unpaired) electrons. The standard InChI is InChI=1S/C17H26N2O/c20-12-11-19(16-8-9-16)17-7-4-10-18(14-17)13-15-5-2-1-3-6-15/h1-3,5-6,16-17,20H,4,7-14H2/t17-/m0/s1. The SMILES string of the molecule is OCCN(C1CC1)[C@H]1CCCN(Cc2ccccc2)C1. The van der Waals surface area contributed by atoms with Gasteiger partial charge in [0.1, 0.15) is 0 Å². The number of piperidine rings is 1. The van der Waals surface area contributed by atoms with Gasteiger partial charge in [-0.3, -0.25) is 9.80 Å². The summed E-state index contributed by atoms with van der Waals surface area (Å²) in [7, 11) is 0. The summed E-state index contributed by atoms with van der Waals surface area (Å²) >= 11 is 0. The zero-order chi connectivity index (χ0) is 13.8. The van der Waals surface area contributed by atoms with Crippen LogP contribution in [-0.4, -0.2) is 53.2 Å². The second-order valence-corrected chi connectivity index (χ2v) is 6.21. The average Bonchev–Trinajstić information content (AvgIpc) is 3.31. The Labute approximate surface area is 122 Å². The topological polar surface area (TPSA) is 26.7 Å². The Hall–Kier alpha value is -0.900. The van der Waals surface area contributed by atoms with Gasteiger partial charge in [-0.2, -0.15) is 0 Å². The maximum atomic E-state index is 9.29. The van der Waals surface area contributed by atoms with E-state index >= 15 is 0 Å². The van der Waals surface area contributed by atoms with E-state index in [4.69, 9.17) is 0 Å². The van der Waals surface area contributed by atoms with Gasteiger partial charge in [0, 0.05) is 31.7 Å². The number of nitrogens with zero attached hydrogens (tertiary/aromatic N) is 2. The lowest BCUT2D eigenvalue weighted by molar-refractivity contribution is 0.0728. The molecule has 1 aromatic rings. The third-order valence-corrected chi connectivity index (χ3v) is 4.57. The van der Waals surface area contributed by atoms with Gasteiger partial charge in [-0.05, 0) is 37.8 Å². The fourth-order valence-electron chi connectivity index (χ4n) is 3.47. The van der Waals surface area contributed by atoms with Crippen LogP contribution in [0, 0.1) is 0 Å². The number of likely N-dealkylation sites (tertiary alicyclic amines) is 1. The van der Waals surface area contributed by atoms with Crippen LogP contribution in [0.1, 0.15) is 31.2 Å². The molecule has 0 bridgehead atoms. The Morgan fingerprint density at radius 1 is 1.10 bits per heavy atom. The molecule has 0 spiro atoms.